The zero-order valence-corrected chi connectivity index (χ0v) is 15.4. The lowest BCUT2D eigenvalue weighted by Gasteiger charge is -2.24. The van der Waals surface area contributed by atoms with Gasteiger partial charge >= 0.3 is 0 Å². The number of anilines is 1. The van der Waals surface area contributed by atoms with Gasteiger partial charge in [-0.3, -0.25) is 15.0 Å². The second-order valence-electron chi connectivity index (χ2n) is 6.59. The third kappa shape index (κ3) is 5.43. The molecule has 1 fully saturated rings. The average molecular weight is 386 g/mol. The number of nitrogens with zero attached hydrogens (tertiary/aromatic N) is 1. The molecule has 0 spiro atoms. The summed E-state index contributed by atoms with van der Waals surface area (Å²) in [7, 11) is 0. The number of hydrogen-bond acceptors (Lipinski definition) is 4. The maximum absolute atomic E-state index is 13.7. The van der Waals surface area contributed by atoms with Crippen LogP contribution in [0.25, 0.3) is 0 Å². The van der Waals surface area contributed by atoms with Crippen molar-refractivity contribution in [3.05, 3.63) is 29.6 Å². The Labute approximate surface area is 156 Å². The number of rotatable bonds is 8. The van der Waals surface area contributed by atoms with Crippen molar-refractivity contribution < 1.29 is 22.8 Å². The minimum Gasteiger partial charge on any atom is -0.332 e. The summed E-state index contributed by atoms with van der Waals surface area (Å²) in [5.41, 5.74) is 5.56. The van der Waals surface area contributed by atoms with Crippen molar-refractivity contribution in [1.82, 2.24) is 15.8 Å². The van der Waals surface area contributed by atoms with E-state index in [0.717, 1.165) is 25.0 Å². The van der Waals surface area contributed by atoms with Gasteiger partial charge in [-0.2, -0.15) is 0 Å². The molecule has 0 saturated carbocycles. The molecule has 27 heavy (non-hydrogen) atoms. The van der Waals surface area contributed by atoms with Crippen molar-refractivity contribution in [3.63, 3.8) is 0 Å². The lowest BCUT2D eigenvalue weighted by Crippen LogP contribution is -2.48. The summed E-state index contributed by atoms with van der Waals surface area (Å²) in [6.07, 6.45) is 3.17. The molecule has 1 aliphatic heterocycles. The smallest absolute Gasteiger partial charge is 0.244 e. The number of carbonyl (C=O) groups is 2. The number of carbonyl (C=O) groups excluding carboxylic acids is 2. The lowest BCUT2D eigenvalue weighted by molar-refractivity contribution is -0.136. The van der Waals surface area contributed by atoms with Crippen LogP contribution in [0.1, 0.15) is 39.5 Å². The highest BCUT2D eigenvalue weighted by Crippen LogP contribution is 2.19. The Balaban J connectivity index is 2.00. The first kappa shape index (κ1) is 21.2. The lowest BCUT2D eigenvalue weighted by atomic mass is 10.1. The minimum absolute atomic E-state index is 0.192. The normalized spacial score (nSPS) is 19.1. The molecule has 0 radical (unpaired) electrons. The predicted molar refractivity (Wildman–Crippen MR) is 95.2 cm³/mol. The van der Waals surface area contributed by atoms with E-state index in [1.165, 1.54) is 4.90 Å². The summed E-state index contributed by atoms with van der Waals surface area (Å²) in [6, 6.07) is 1.42. The summed E-state index contributed by atoms with van der Waals surface area (Å²) >= 11 is 0. The first-order chi connectivity index (χ1) is 12.9. The molecule has 6 nitrogen and oxygen atoms in total. The van der Waals surface area contributed by atoms with E-state index in [2.05, 4.69) is 23.1 Å². The molecule has 2 amide bonds. The standard InChI is InChI=1S/C18H25F3N4O2/c1-3-5-11-9-14(24-23-11)18(27)25(8-4-2)10-15(26)22-13-7-6-12(19)16(20)17(13)21/h6-7,11,14,23-24H,3-5,8-10H2,1-2H3,(H,22,26). The highest BCUT2D eigenvalue weighted by atomic mass is 19.2. The Bertz CT molecular complexity index is 687. The van der Waals surface area contributed by atoms with Gasteiger partial charge in [0.15, 0.2) is 17.5 Å². The molecule has 2 atom stereocenters. The van der Waals surface area contributed by atoms with Gasteiger partial charge in [0, 0.05) is 12.6 Å². The largest absolute Gasteiger partial charge is 0.332 e. The summed E-state index contributed by atoms with van der Waals surface area (Å²) in [5, 5.41) is 2.19. The number of nitrogens with one attached hydrogen (secondary N) is 3. The van der Waals surface area contributed by atoms with Gasteiger partial charge in [0.25, 0.3) is 0 Å². The van der Waals surface area contributed by atoms with Gasteiger partial charge in [0.05, 0.1) is 12.2 Å². The van der Waals surface area contributed by atoms with Gasteiger partial charge in [0.1, 0.15) is 6.04 Å². The summed E-state index contributed by atoms with van der Waals surface area (Å²) < 4.78 is 40.0. The molecule has 1 aromatic rings. The molecule has 1 heterocycles. The van der Waals surface area contributed by atoms with Crippen molar-refractivity contribution in [2.24, 2.45) is 0 Å². The molecule has 1 saturated heterocycles. The average Bonchev–Trinajstić information content (AvgIpc) is 3.10. The second-order valence-corrected chi connectivity index (χ2v) is 6.59. The van der Waals surface area contributed by atoms with Crippen LogP contribution < -0.4 is 16.2 Å². The highest BCUT2D eigenvalue weighted by molar-refractivity contribution is 5.95. The third-order valence-electron chi connectivity index (χ3n) is 4.37. The van der Waals surface area contributed by atoms with E-state index in [1.807, 2.05) is 6.92 Å². The van der Waals surface area contributed by atoms with E-state index < -0.39 is 35.1 Å². The fourth-order valence-corrected chi connectivity index (χ4v) is 3.06. The van der Waals surface area contributed by atoms with Gasteiger partial charge < -0.3 is 10.2 Å². The van der Waals surface area contributed by atoms with E-state index in [9.17, 15) is 22.8 Å². The molecular weight excluding hydrogens is 361 g/mol. The van der Waals surface area contributed by atoms with Crippen LogP contribution >= 0.6 is 0 Å². The third-order valence-corrected chi connectivity index (χ3v) is 4.37. The van der Waals surface area contributed by atoms with E-state index in [4.69, 9.17) is 0 Å². The topological polar surface area (TPSA) is 73.5 Å². The Morgan fingerprint density at radius 2 is 1.89 bits per heavy atom. The first-order valence-electron chi connectivity index (χ1n) is 9.10. The van der Waals surface area contributed by atoms with E-state index >= 15 is 0 Å². The number of benzene rings is 1. The SMILES string of the molecule is CCCC1CC(C(=O)N(CCC)CC(=O)Nc2ccc(F)c(F)c2F)NN1. The number of hydrazine groups is 1. The van der Waals surface area contributed by atoms with Crippen LogP contribution in [0.4, 0.5) is 18.9 Å². The molecule has 150 valence electrons. The first-order valence-corrected chi connectivity index (χ1v) is 9.10. The van der Waals surface area contributed by atoms with E-state index in [0.29, 0.717) is 19.4 Å². The Morgan fingerprint density at radius 3 is 2.56 bits per heavy atom. The Kier molecular flexibility index (Phi) is 7.61. The fourth-order valence-electron chi connectivity index (χ4n) is 3.06. The van der Waals surface area contributed by atoms with Crippen LogP contribution in [-0.2, 0) is 9.59 Å². The van der Waals surface area contributed by atoms with Gasteiger partial charge in [0.2, 0.25) is 11.8 Å². The maximum Gasteiger partial charge on any atom is 0.244 e. The molecule has 2 unspecified atom stereocenters. The number of amides is 2. The molecule has 0 bridgehead atoms. The molecule has 3 N–H and O–H groups in total. The molecule has 1 aliphatic rings. The van der Waals surface area contributed by atoms with Crippen LogP contribution in [0, 0.1) is 17.5 Å². The van der Waals surface area contributed by atoms with Crippen molar-refractivity contribution in [3.8, 4) is 0 Å². The molecule has 1 aromatic carbocycles. The molecular formula is C18H25F3N4O2. The monoisotopic (exact) mass is 386 g/mol. The summed E-state index contributed by atoms with van der Waals surface area (Å²) in [5.74, 6) is -5.38. The van der Waals surface area contributed by atoms with Crippen LogP contribution in [0.3, 0.4) is 0 Å². The molecule has 0 aromatic heterocycles. The maximum atomic E-state index is 13.7. The van der Waals surface area contributed by atoms with Crippen molar-refractivity contribution in [1.29, 1.82) is 0 Å². The second kappa shape index (κ2) is 9.70. The van der Waals surface area contributed by atoms with Crippen molar-refractivity contribution in [2.75, 3.05) is 18.4 Å². The summed E-state index contributed by atoms with van der Waals surface area (Å²) in [6.45, 7) is 3.97. The molecule has 9 heteroatoms. The van der Waals surface area contributed by atoms with E-state index in [-0.39, 0.29) is 18.5 Å². The van der Waals surface area contributed by atoms with Gasteiger partial charge in [-0.1, -0.05) is 20.3 Å². The Hall–Kier alpha value is -2.13. The quantitative estimate of drug-likeness (QED) is 0.600. The van der Waals surface area contributed by atoms with Gasteiger partial charge in [-0.05, 0) is 31.4 Å². The number of halogens is 3. The van der Waals surface area contributed by atoms with Gasteiger partial charge in [-0.15, -0.1) is 0 Å². The van der Waals surface area contributed by atoms with Crippen molar-refractivity contribution >= 4 is 17.5 Å². The fraction of sp³-hybridized carbons (Fsp3) is 0.556. The molecule has 2 rings (SSSR count). The highest BCUT2D eigenvalue weighted by Gasteiger charge is 2.32. The van der Waals surface area contributed by atoms with Crippen molar-refractivity contribution in [2.45, 2.75) is 51.6 Å². The predicted octanol–water partition coefficient (Wildman–Crippen LogP) is 2.32. The Morgan fingerprint density at radius 1 is 1.15 bits per heavy atom. The van der Waals surface area contributed by atoms with Crippen LogP contribution in [-0.4, -0.2) is 41.9 Å². The van der Waals surface area contributed by atoms with Gasteiger partial charge in [-0.25, -0.2) is 18.6 Å². The zero-order chi connectivity index (χ0) is 20.0. The number of hydrogen-bond donors (Lipinski definition) is 3. The summed E-state index contributed by atoms with van der Waals surface area (Å²) in [4.78, 5) is 26.3. The van der Waals surface area contributed by atoms with Crippen LogP contribution in [0.15, 0.2) is 12.1 Å². The minimum atomic E-state index is -1.66. The van der Waals surface area contributed by atoms with E-state index in [1.54, 1.807) is 0 Å². The molecule has 0 aliphatic carbocycles. The zero-order valence-electron chi connectivity index (χ0n) is 15.4. The van der Waals surface area contributed by atoms with Crippen LogP contribution in [0.5, 0.6) is 0 Å². The van der Waals surface area contributed by atoms with Crippen LogP contribution in [0.2, 0.25) is 0 Å².